The van der Waals surface area contributed by atoms with Gasteiger partial charge in [0.1, 0.15) is 0 Å². The summed E-state index contributed by atoms with van der Waals surface area (Å²) in [5.41, 5.74) is 6.44. The second-order valence-electron chi connectivity index (χ2n) is 6.09. The molecule has 1 aliphatic heterocycles. The summed E-state index contributed by atoms with van der Waals surface area (Å²) >= 11 is 1.49. The van der Waals surface area contributed by atoms with Crippen molar-refractivity contribution in [2.45, 2.75) is 25.4 Å². The van der Waals surface area contributed by atoms with Gasteiger partial charge in [-0.25, -0.2) is 9.97 Å². The molecule has 0 spiro atoms. The molecule has 7 heteroatoms. The minimum absolute atomic E-state index is 0.322. The number of likely N-dealkylation sites (tertiary alicyclic amines) is 1. The Labute approximate surface area is 149 Å². The van der Waals surface area contributed by atoms with Crippen molar-refractivity contribution in [1.82, 2.24) is 14.9 Å². The number of hydrogen-bond acceptors (Lipinski definition) is 6. The maximum Gasteiger partial charge on any atom is 0.258 e. The van der Waals surface area contributed by atoms with Gasteiger partial charge in [-0.3, -0.25) is 9.69 Å². The Kier molecular flexibility index (Phi) is 4.33. The Morgan fingerprint density at radius 1 is 1.32 bits per heavy atom. The number of rotatable bonds is 5. The average molecular weight is 354 g/mol. The molecule has 0 bridgehead atoms. The van der Waals surface area contributed by atoms with Crippen LogP contribution in [0.4, 0.5) is 0 Å². The Hall–Kier alpha value is -2.51. The quantitative estimate of drug-likeness (QED) is 0.760. The number of carbonyl (C=O) groups is 1. The van der Waals surface area contributed by atoms with Crippen molar-refractivity contribution in [2.24, 2.45) is 5.73 Å². The zero-order valence-corrected chi connectivity index (χ0v) is 14.4. The zero-order chi connectivity index (χ0) is 17.2. The standard InChI is InChI=1S/C18H18N4O2S/c19-17(23)16-6-5-15(25-16)13-3-1-7-22(13)11-12-9-20-18(21-10-12)14-4-2-8-24-14/h2,4-6,8-10,13H,1,3,7,11H2,(H2,19,23)/t13-/m0/s1. The second-order valence-corrected chi connectivity index (χ2v) is 7.20. The van der Waals surface area contributed by atoms with E-state index in [9.17, 15) is 4.79 Å². The largest absolute Gasteiger partial charge is 0.461 e. The van der Waals surface area contributed by atoms with Gasteiger partial charge in [0.2, 0.25) is 0 Å². The molecule has 4 rings (SSSR count). The third-order valence-electron chi connectivity index (χ3n) is 4.39. The molecule has 0 aromatic carbocycles. The van der Waals surface area contributed by atoms with Gasteiger partial charge in [0.25, 0.3) is 5.91 Å². The molecular weight excluding hydrogens is 336 g/mol. The van der Waals surface area contributed by atoms with Crippen molar-refractivity contribution in [3.05, 3.63) is 58.2 Å². The molecule has 0 saturated carbocycles. The number of furan rings is 1. The first-order chi connectivity index (χ1) is 12.2. The fourth-order valence-electron chi connectivity index (χ4n) is 3.21. The van der Waals surface area contributed by atoms with Crippen LogP contribution in [-0.4, -0.2) is 27.3 Å². The first-order valence-corrected chi connectivity index (χ1v) is 9.01. The Balaban J connectivity index is 1.48. The van der Waals surface area contributed by atoms with E-state index in [-0.39, 0.29) is 5.91 Å². The van der Waals surface area contributed by atoms with Crippen molar-refractivity contribution in [1.29, 1.82) is 0 Å². The molecule has 1 atom stereocenters. The van der Waals surface area contributed by atoms with Gasteiger partial charge in [-0.1, -0.05) is 0 Å². The van der Waals surface area contributed by atoms with Crippen molar-refractivity contribution >= 4 is 17.2 Å². The maximum absolute atomic E-state index is 11.3. The van der Waals surface area contributed by atoms with Crippen LogP contribution in [0.1, 0.15) is 39.0 Å². The van der Waals surface area contributed by atoms with Crippen LogP contribution in [0, 0.1) is 0 Å². The van der Waals surface area contributed by atoms with Crippen LogP contribution >= 0.6 is 11.3 Å². The Morgan fingerprint density at radius 2 is 2.16 bits per heavy atom. The van der Waals surface area contributed by atoms with Crippen LogP contribution in [0.5, 0.6) is 0 Å². The van der Waals surface area contributed by atoms with Crippen molar-refractivity contribution < 1.29 is 9.21 Å². The number of aromatic nitrogens is 2. The summed E-state index contributed by atoms with van der Waals surface area (Å²) < 4.78 is 5.32. The van der Waals surface area contributed by atoms with E-state index in [0.29, 0.717) is 22.5 Å². The normalized spacial score (nSPS) is 17.8. The molecule has 1 amide bonds. The summed E-state index contributed by atoms with van der Waals surface area (Å²) in [5, 5.41) is 0. The van der Waals surface area contributed by atoms with Gasteiger partial charge in [0.05, 0.1) is 11.1 Å². The molecule has 4 heterocycles. The van der Waals surface area contributed by atoms with E-state index in [4.69, 9.17) is 10.2 Å². The summed E-state index contributed by atoms with van der Waals surface area (Å²) in [6.45, 7) is 1.81. The first-order valence-electron chi connectivity index (χ1n) is 8.19. The van der Waals surface area contributed by atoms with Gasteiger partial charge in [0, 0.05) is 35.4 Å². The average Bonchev–Trinajstić information content (AvgIpc) is 3.36. The molecule has 25 heavy (non-hydrogen) atoms. The van der Waals surface area contributed by atoms with Crippen molar-refractivity contribution in [3.63, 3.8) is 0 Å². The van der Waals surface area contributed by atoms with Crippen LogP contribution in [0.15, 0.2) is 47.3 Å². The van der Waals surface area contributed by atoms with Gasteiger partial charge in [-0.15, -0.1) is 11.3 Å². The summed E-state index contributed by atoms with van der Waals surface area (Å²) in [6, 6.07) is 7.83. The lowest BCUT2D eigenvalue weighted by Crippen LogP contribution is -2.22. The molecule has 128 valence electrons. The van der Waals surface area contributed by atoms with E-state index in [0.717, 1.165) is 31.5 Å². The summed E-state index contributed by atoms with van der Waals surface area (Å²) in [4.78, 5) is 24.3. The Morgan fingerprint density at radius 3 is 2.84 bits per heavy atom. The fourth-order valence-corrected chi connectivity index (χ4v) is 4.24. The van der Waals surface area contributed by atoms with Gasteiger partial charge in [-0.05, 0) is 43.7 Å². The molecule has 1 fully saturated rings. The molecule has 0 aliphatic carbocycles. The highest BCUT2D eigenvalue weighted by Crippen LogP contribution is 2.36. The van der Waals surface area contributed by atoms with Crippen LogP contribution in [0.25, 0.3) is 11.6 Å². The smallest absolute Gasteiger partial charge is 0.258 e. The maximum atomic E-state index is 11.3. The van der Waals surface area contributed by atoms with Crippen molar-refractivity contribution in [2.75, 3.05) is 6.54 Å². The highest BCUT2D eigenvalue weighted by molar-refractivity contribution is 7.14. The van der Waals surface area contributed by atoms with Crippen molar-refractivity contribution in [3.8, 4) is 11.6 Å². The van der Waals surface area contributed by atoms with E-state index < -0.39 is 0 Å². The predicted molar refractivity (Wildman–Crippen MR) is 95.0 cm³/mol. The van der Waals surface area contributed by atoms with Gasteiger partial charge >= 0.3 is 0 Å². The van der Waals surface area contributed by atoms with Crippen LogP contribution in [-0.2, 0) is 6.54 Å². The lowest BCUT2D eigenvalue weighted by atomic mass is 10.2. The first kappa shape index (κ1) is 16.0. The Bertz CT molecular complexity index is 858. The van der Waals surface area contributed by atoms with E-state index in [1.54, 1.807) is 6.26 Å². The highest BCUT2D eigenvalue weighted by Gasteiger charge is 2.27. The number of primary amides is 1. The third kappa shape index (κ3) is 3.33. The van der Waals surface area contributed by atoms with E-state index >= 15 is 0 Å². The summed E-state index contributed by atoms with van der Waals surface area (Å²) in [7, 11) is 0. The SMILES string of the molecule is NC(=O)c1ccc([C@@H]2CCCN2Cc2cnc(-c3ccco3)nc2)s1. The fraction of sp³-hybridized carbons (Fsp3) is 0.278. The number of nitrogens with zero attached hydrogens (tertiary/aromatic N) is 3. The second kappa shape index (κ2) is 6.78. The number of carbonyl (C=O) groups excluding carboxylic acids is 1. The monoisotopic (exact) mass is 354 g/mol. The molecule has 0 radical (unpaired) electrons. The van der Waals surface area contributed by atoms with Crippen LogP contribution in [0.3, 0.4) is 0 Å². The molecule has 0 unspecified atom stereocenters. The number of hydrogen-bond donors (Lipinski definition) is 1. The van der Waals surface area contributed by atoms with E-state index in [1.165, 1.54) is 16.2 Å². The minimum Gasteiger partial charge on any atom is -0.461 e. The highest BCUT2D eigenvalue weighted by atomic mass is 32.1. The summed E-state index contributed by atoms with van der Waals surface area (Å²) in [5.74, 6) is 0.905. The molecule has 6 nitrogen and oxygen atoms in total. The molecule has 3 aromatic heterocycles. The predicted octanol–water partition coefficient (Wildman–Crippen LogP) is 3.23. The van der Waals surface area contributed by atoms with Crippen LogP contribution < -0.4 is 5.73 Å². The molecule has 1 aliphatic rings. The molecule has 1 saturated heterocycles. The number of amides is 1. The van der Waals surface area contributed by atoms with Gasteiger partial charge < -0.3 is 10.2 Å². The lowest BCUT2D eigenvalue weighted by Gasteiger charge is -2.23. The van der Waals surface area contributed by atoms with Gasteiger partial charge in [-0.2, -0.15) is 0 Å². The number of thiophene rings is 1. The van der Waals surface area contributed by atoms with E-state index in [1.807, 2.05) is 36.7 Å². The topological polar surface area (TPSA) is 85.3 Å². The minimum atomic E-state index is -0.359. The lowest BCUT2D eigenvalue weighted by molar-refractivity contribution is 0.100. The number of nitrogens with two attached hydrogens (primary N) is 1. The third-order valence-corrected chi connectivity index (χ3v) is 5.60. The van der Waals surface area contributed by atoms with Gasteiger partial charge in [0.15, 0.2) is 11.6 Å². The summed E-state index contributed by atoms with van der Waals surface area (Å²) in [6.07, 6.45) is 7.54. The molecule has 3 aromatic rings. The molecule has 2 N–H and O–H groups in total. The zero-order valence-electron chi connectivity index (χ0n) is 13.6. The van der Waals surface area contributed by atoms with Crippen LogP contribution in [0.2, 0.25) is 0 Å². The van der Waals surface area contributed by atoms with E-state index in [2.05, 4.69) is 14.9 Å². The molecular formula is C18H18N4O2S.